The molecule has 1 aromatic rings. The fraction of sp³-hybridized carbons (Fsp3) is 0.308. The molecule has 5 nitrogen and oxygen atoms in total. The third-order valence-corrected chi connectivity index (χ3v) is 2.97. The lowest BCUT2D eigenvalue weighted by atomic mass is 10.1. The zero-order valence-corrected chi connectivity index (χ0v) is 10.1. The first-order chi connectivity index (χ1) is 8.65. The molecule has 0 saturated carbocycles. The van der Waals surface area contributed by atoms with Crippen LogP contribution in [-0.2, 0) is 0 Å². The van der Waals surface area contributed by atoms with Crippen molar-refractivity contribution in [3.63, 3.8) is 0 Å². The van der Waals surface area contributed by atoms with E-state index in [2.05, 4.69) is 5.16 Å². The second-order valence-electron chi connectivity index (χ2n) is 4.25. The van der Waals surface area contributed by atoms with Crippen LogP contribution in [0.1, 0.15) is 40.5 Å². The van der Waals surface area contributed by atoms with Crippen molar-refractivity contribution in [2.24, 2.45) is 5.16 Å². The van der Waals surface area contributed by atoms with Crippen molar-refractivity contribution < 1.29 is 14.8 Å². The molecular weight excluding hydrogens is 232 g/mol. The molecule has 0 aromatic heterocycles. The van der Waals surface area contributed by atoms with Crippen LogP contribution in [-0.4, -0.2) is 34.2 Å². The highest BCUT2D eigenvalue weighted by Gasteiger charge is 2.34. The third-order valence-electron chi connectivity index (χ3n) is 2.97. The summed E-state index contributed by atoms with van der Waals surface area (Å²) in [5, 5.41) is 11.6. The Morgan fingerprint density at radius 2 is 1.78 bits per heavy atom. The van der Waals surface area contributed by atoms with Gasteiger partial charge < -0.3 is 5.21 Å². The number of amides is 2. The molecular formula is C13H14N2O3. The first kappa shape index (κ1) is 12.3. The van der Waals surface area contributed by atoms with Gasteiger partial charge in [-0.3, -0.25) is 14.5 Å². The minimum Gasteiger partial charge on any atom is -0.411 e. The second kappa shape index (κ2) is 5.00. The van der Waals surface area contributed by atoms with E-state index in [4.69, 9.17) is 5.21 Å². The van der Waals surface area contributed by atoms with Crippen LogP contribution in [0.25, 0.3) is 0 Å². The van der Waals surface area contributed by atoms with E-state index in [0.29, 0.717) is 36.2 Å². The van der Waals surface area contributed by atoms with E-state index < -0.39 is 0 Å². The predicted molar refractivity (Wildman–Crippen MR) is 65.9 cm³/mol. The quantitative estimate of drug-likeness (QED) is 0.382. The van der Waals surface area contributed by atoms with Gasteiger partial charge in [0.05, 0.1) is 16.8 Å². The molecule has 0 spiro atoms. The predicted octanol–water partition coefficient (Wildman–Crippen LogP) is 1.91. The monoisotopic (exact) mass is 246 g/mol. The summed E-state index contributed by atoms with van der Waals surface area (Å²) in [6, 6.07) is 6.82. The van der Waals surface area contributed by atoms with Gasteiger partial charge in [0, 0.05) is 6.54 Å². The number of hydrogen-bond donors (Lipinski definition) is 1. The summed E-state index contributed by atoms with van der Waals surface area (Å²) in [4.78, 5) is 25.2. The Labute approximate surface area is 105 Å². The number of carbonyl (C=O) groups excluding carboxylic acids is 2. The summed E-state index contributed by atoms with van der Waals surface area (Å²) in [5.74, 6) is -0.483. The van der Waals surface area contributed by atoms with Crippen LogP contribution < -0.4 is 0 Å². The van der Waals surface area contributed by atoms with Crippen LogP contribution in [0.15, 0.2) is 29.4 Å². The molecule has 1 heterocycles. The van der Waals surface area contributed by atoms with E-state index >= 15 is 0 Å². The molecule has 18 heavy (non-hydrogen) atoms. The largest absolute Gasteiger partial charge is 0.411 e. The van der Waals surface area contributed by atoms with Gasteiger partial charge in [-0.1, -0.05) is 17.3 Å². The van der Waals surface area contributed by atoms with Crippen LogP contribution in [0.3, 0.4) is 0 Å². The van der Waals surface area contributed by atoms with Gasteiger partial charge in [0.2, 0.25) is 0 Å². The standard InChI is InChI=1S/C13H14N2O3/c1-9(14-18)5-4-8-15-12(16)10-6-2-3-7-11(10)13(15)17/h2-3,6-7,18H,4-5,8H2,1H3/b14-9+. The van der Waals surface area contributed by atoms with Gasteiger partial charge >= 0.3 is 0 Å². The summed E-state index contributed by atoms with van der Waals surface area (Å²) in [5.41, 5.74) is 1.52. The number of carbonyl (C=O) groups is 2. The van der Waals surface area contributed by atoms with Crippen LogP contribution in [0.2, 0.25) is 0 Å². The Morgan fingerprint density at radius 3 is 2.28 bits per heavy atom. The smallest absolute Gasteiger partial charge is 0.261 e. The van der Waals surface area contributed by atoms with Crippen molar-refractivity contribution in [2.75, 3.05) is 6.54 Å². The van der Waals surface area contributed by atoms with Gasteiger partial charge in [-0.15, -0.1) is 0 Å². The van der Waals surface area contributed by atoms with Crippen molar-refractivity contribution in [1.29, 1.82) is 0 Å². The Morgan fingerprint density at radius 1 is 1.22 bits per heavy atom. The van der Waals surface area contributed by atoms with E-state index in [1.807, 2.05) is 0 Å². The molecule has 2 rings (SSSR count). The lowest BCUT2D eigenvalue weighted by molar-refractivity contribution is 0.0653. The SMILES string of the molecule is C/C(CCCN1C(=O)c2ccccc2C1=O)=N\O. The molecule has 0 saturated heterocycles. The molecule has 1 aliphatic rings. The first-order valence-corrected chi connectivity index (χ1v) is 5.78. The highest BCUT2D eigenvalue weighted by Crippen LogP contribution is 2.22. The second-order valence-corrected chi connectivity index (χ2v) is 4.25. The minimum atomic E-state index is -0.241. The molecule has 0 bridgehead atoms. The number of nitrogens with zero attached hydrogens (tertiary/aromatic N) is 2. The summed E-state index contributed by atoms with van der Waals surface area (Å²) in [6.07, 6.45) is 1.16. The van der Waals surface area contributed by atoms with E-state index in [1.54, 1.807) is 31.2 Å². The Kier molecular flexibility index (Phi) is 3.41. The van der Waals surface area contributed by atoms with Gasteiger partial charge in [-0.2, -0.15) is 0 Å². The Hall–Kier alpha value is -2.17. The lowest BCUT2D eigenvalue weighted by Gasteiger charge is -2.12. The van der Waals surface area contributed by atoms with Crippen molar-refractivity contribution >= 4 is 17.5 Å². The molecule has 0 atom stereocenters. The molecule has 0 aliphatic carbocycles. The van der Waals surface area contributed by atoms with Crippen LogP contribution in [0.4, 0.5) is 0 Å². The number of fused-ring (bicyclic) bond motifs is 1. The number of hydrogen-bond acceptors (Lipinski definition) is 4. The van der Waals surface area contributed by atoms with Crippen LogP contribution >= 0.6 is 0 Å². The summed E-state index contributed by atoms with van der Waals surface area (Å²) in [7, 11) is 0. The van der Waals surface area contributed by atoms with E-state index in [9.17, 15) is 9.59 Å². The van der Waals surface area contributed by atoms with Gasteiger partial charge in [0.1, 0.15) is 0 Å². The zero-order valence-electron chi connectivity index (χ0n) is 10.1. The van der Waals surface area contributed by atoms with Crippen molar-refractivity contribution in [1.82, 2.24) is 4.90 Å². The highest BCUT2D eigenvalue weighted by molar-refractivity contribution is 6.21. The van der Waals surface area contributed by atoms with E-state index in [-0.39, 0.29) is 11.8 Å². The maximum Gasteiger partial charge on any atom is 0.261 e. The van der Waals surface area contributed by atoms with E-state index in [0.717, 1.165) is 0 Å². The van der Waals surface area contributed by atoms with Crippen molar-refractivity contribution in [3.8, 4) is 0 Å². The topological polar surface area (TPSA) is 70.0 Å². The maximum absolute atomic E-state index is 12.0. The average Bonchev–Trinajstić information content (AvgIpc) is 2.64. The summed E-state index contributed by atoms with van der Waals surface area (Å²) < 4.78 is 0. The number of benzene rings is 1. The van der Waals surface area contributed by atoms with Crippen LogP contribution in [0.5, 0.6) is 0 Å². The molecule has 0 unspecified atom stereocenters. The fourth-order valence-electron chi connectivity index (χ4n) is 1.99. The molecule has 2 amide bonds. The summed E-state index contributed by atoms with van der Waals surface area (Å²) in [6.45, 7) is 2.04. The Balaban J connectivity index is 2.05. The normalized spacial score (nSPS) is 15.2. The number of rotatable bonds is 4. The average molecular weight is 246 g/mol. The minimum absolute atomic E-state index is 0.241. The van der Waals surface area contributed by atoms with Crippen molar-refractivity contribution in [2.45, 2.75) is 19.8 Å². The molecule has 1 aliphatic heterocycles. The van der Waals surface area contributed by atoms with Gasteiger partial charge in [0.25, 0.3) is 11.8 Å². The third kappa shape index (κ3) is 2.11. The van der Waals surface area contributed by atoms with E-state index in [1.165, 1.54) is 4.90 Å². The molecule has 0 radical (unpaired) electrons. The maximum atomic E-state index is 12.0. The molecule has 5 heteroatoms. The Bertz CT molecular complexity index is 488. The number of imide groups is 1. The molecule has 1 aromatic carbocycles. The van der Waals surface area contributed by atoms with Gasteiger partial charge in [-0.25, -0.2) is 0 Å². The zero-order chi connectivity index (χ0) is 13.1. The molecule has 0 fully saturated rings. The van der Waals surface area contributed by atoms with Gasteiger partial charge in [-0.05, 0) is 31.9 Å². The number of oxime groups is 1. The first-order valence-electron chi connectivity index (χ1n) is 5.78. The lowest BCUT2D eigenvalue weighted by Crippen LogP contribution is -2.30. The molecule has 94 valence electrons. The fourth-order valence-corrected chi connectivity index (χ4v) is 1.99. The van der Waals surface area contributed by atoms with Crippen molar-refractivity contribution in [3.05, 3.63) is 35.4 Å². The molecule has 1 N–H and O–H groups in total. The van der Waals surface area contributed by atoms with Crippen LogP contribution in [0, 0.1) is 0 Å². The van der Waals surface area contributed by atoms with Gasteiger partial charge in [0.15, 0.2) is 0 Å². The highest BCUT2D eigenvalue weighted by atomic mass is 16.4. The summed E-state index contributed by atoms with van der Waals surface area (Å²) >= 11 is 0.